The summed E-state index contributed by atoms with van der Waals surface area (Å²) in [7, 11) is 0. The number of nitrogens with zero attached hydrogens (tertiary/aromatic N) is 1. The molecule has 6 heteroatoms. The van der Waals surface area contributed by atoms with Gasteiger partial charge in [0.1, 0.15) is 0 Å². The van der Waals surface area contributed by atoms with Crippen LogP contribution in [0.4, 0.5) is 11.4 Å². The largest absolute Gasteiger partial charge is 0.325 e. The molecule has 0 aliphatic carbocycles. The highest BCUT2D eigenvalue weighted by Gasteiger charge is 2.17. The molecular formula is C21H27N3O3. The summed E-state index contributed by atoms with van der Waals surface area (Å²) >= 11 is 0. The Morgan fingerprint density at radius 1 is 1.15 bits per heavy atom. The molecule has 0 unspecified atom stereocenters. The molecule has 1 amide bonds. The molecule has 0 saturated heterocycles. The lowest BCUT2D eigenvalue weighted by Crippen LogP contribution is -2.33. The minimum Gasteiger partial charge on any atom is -0.325 e. The number of carbonyl (C=O) groups excluding carboxylic acids is 1. The minimum absolute atomic E-state index is 0.0130. The normalized spacial score (nSPS) is 12.0. The van der Waals surface area contributed by atoms with E-state index in [1.807, 2.05) is 0 Å². The van der Waals surface area contributed by atoms with Crippen molar-refractivity contribution in [1.82, 2.24) is 5.32 Å². The van der Waals surface area contributed by atoms with Crippen molar-refractivity contribution < 1.29 is 9.72 Å². The van der Waals surface area contributed by atoms with E-state index in [1.165, 1.54) is 17.7 Å². The van der Waals surface area contributed by atoms with E-state index in [-0.39, 0.29) is 24.2 Å². The number of anilines is 1. The van der Waals surface area contributed by atoms with Gasteiger partial charge in [-0.1, -0.05) is 45.0 Å². The van der Waals surface area contributed by atoms with Gasteiger partial charge in [-0.25, -0.2) is 0 Å². The molecule has 0 aliphatic rings. The van der Waals surface area contributed by atoms with Crippen LogP contribution in [0.15, 0.2) is 42.5 Å². The third-order valence-electron chi connectivity index (χ3n) is 4.59. The second-order valence-corrected chi connectivity index (χ2v) is 7.00. The Kier molecular flexibility index (Phi) is 7.07. The van der Waals surface area contributed by atoms with Crippen molar-refractivity contribution in [2.45, 2.75) is 40.2 Å². The van der Waals surface area contributed by atoms with Crippen molar-refractivity contribution >= 4 is 17.3 Å². The summed E-state index contributed by atoms with van der Waals surface area (Å²) < 4.78 is 0. The first-order valence-electron chi connectivity index (χ1n) is 9.19. The second-order valence-electron chi connectivity index (χ2n) is 7.00. The SMILES string of the molecule is CCc1ccc([C@H](NCC(=O)Nc2ccc([N+](=O)[O-])cc2C)C(C)C)cc1. The highest BCUT2D eigenvalue weighted by molar-refractivity contribution is 5.93. The van der Waals surface area contributed by atoms with E-state index in [2.05, 4.69) is 55.7 Å². The van der Waals surface area contributed by atoms with Crippen LogP contribution in [0.2, 0.25) is 0 Å². The van der Waals surface area contributed by atoms with Gasteiger partial charge in [-0.15, -0.1) is 0 Å². The maximum absolute atomic E-state index is 12.3. The monoisotopic (exact) mass is 369 g/mol. The number of aryl methyl sites for hydroxylation is 2. The quantitative estimate of drug-likeness (QED) is 0.534. The van der Waals surface area contributed by atoms with Crippen LogP contribution in [0.1, 0.15) is 43.5 Å². The first kappa shape index (κ1) is 20.6. The Balaban J connectivity index is 2.00. The molecule has 2 aromatic carbocycles. The average Bonchev–Trinajstić information content (AvgIpc) is 2.63. The van der Waals surface area contributed by atoms with Gasteiger partial charge in [-0.05, 0) is 42.0 Å². The Morgan fingerprint density at radius 3 is 2.33 bits per heavy atom. The summed E-state index contributed by atoms with van der Waals surface area (Å²) in [5.41, 5.74) is 3.70. The van der Waals surface area contributed by atoms with Crippen LogP contribution in [0.25, 0.3) is 0 Å². The fourth-order valence-corrected chi connectivity index (χ4v) is 3.00. The summed E-state index contributed by atoms with van der Waals surface area (Å²) in [6, 6.07) is 12.9. The molecule has 27 heavy (non-hydrogen) atoms. The number of nitro benzene ring substituents is 1. The van der Waals surface area contributed by atoms with Crippen LogP contribution in [0, 0.1) is 23.0 Å². The number of hydrogen-bond acceptors (Lipinski definition) is 4. The fourth-order valence-electron chi connectivity index (χ4n) is 3.00. The van der Waals surface area contributed by atoms with Gasteiger partial charge in [0.25, 0.3) is 5.69 Å². The molecule has 0 radical (unpaired) electrons. The molecule has 0 aromatic heterocycles. The lowest BCUT2D eigenvalue weighted by atomic mass is 9.95. The Labute approximate surface area is 160 Å². The van der Waals surface area contributed by atoms with Crippen LogP contribution < -0.4 is 10.6 Å². The number of hydrogen-bond donors (Lipinski definition) is 2. The van der Waals surface area contributed by atoms with E-state index < -0.39 is 4.92 Å². The van der Waals surface area contributed by atoms with Crippen molar-refractivity contribution in [3.63, 3.8) is 0 Å². The third-order valence-corrected chi connectivity index (χ3v) is 4.59. The summed E-state index contributed by atoms with van der Waals surface area (Å²) in [6.45, 7) is 8.25. The van der Waals surface area contributed by atoms with Crippen LogP contribution in [0.3, 0.4) is 0 Å². The van der Waals surface area contributed by atoms with Gasteiger partial charge in [0.05, 0.1) is 11.5 Å². The first-order valence-corrected chi connectivity index (χ1v) is 9.19. The predicted molar refractivity (Wildman–Crippen MR) is 108 cm³/mol. The Morgan fingerprint density at radius 2 is 1.81 bits per heavy atom. The lowest BCUT2D eigenvalue weighted by Gasteiger charge is -2.23. The first-order chi connectivity index (χ1) is 12.8. The van der Waals surface area contributed by atoms with Gasteiger partial charge in [0, 0.05) is 23.9 Å². The Bertz CT molecular complexity index is 801. The lowest BCUT2D eigenvalue weighted by molar-refractivity contribution is -0.384. The number of nitrogens with one attached hydrogen (secondary N) is 2. The highest BCUT2D eigenvalue weighted by atomic mass is 16.6. The smallest absolute Gasteiger partial charge is 0.269 e. The fraction of sp³-hybridized carbons (Fsp3) is 0.381. The number of nitro groups is 1. The maximum Gasteiger partial charge on any atom is 0.269 e. The molecule has 6 nitrogen and oxygen atoms in total. The van der Waals surface area contributed by atoms with E-state index in [0.717, 1.165) is 12.0 Å². The zero-order valence-corrected chi connectivity index (χ0v) is 16.3. The maximum atomic E-state index is 12.3. The van der Waals surface area contributed by atoms with Crippen LogP contribution in [-0.4, -0.2) is 17.4 Å². The van der Waals surface area contributed by atoms with Crippen LogP contribution >= 0.6 is 0 Å². The van der Waals surface area contributed by atoms with Gasteiger partial charge in [-0.3, -0.25) is 14.9 Å². The molecular weight excluding hydrogens is 342 g/mol. The molecule has 0 aliphatic heterocycles. The topological polar surface area (TPSA) is 84.3 Å². The summed E-state index contributed by atoms with van der Waals surface area (Å²) in [4.78, 5) is 22.7. The molecule has 0 fully saturated rings. The third kappa shape index (κ3) is 5.62. The van der Waals surface area contributed by atoms with E-state index in [4.69, 9.17) is 0 Å². The minimum atomic E-state index is -0.447. The number of benzene rings is 2. The molecule has 2 N–H and O–H groups in total. The van der Waals surface area contributed by atoms with E-state index >= 15 is 0 Å². The summed E-state index contributed by atoms with van der Waals surface area (Å²) in [5, 5.41) is 16.9. The van der Waals surface area contributed by atoms with Crippen LogP contribution in [0.5, 0.6) is 0 Å². The number of rotatable bonds is 8. The molecule has 2 rings (SSSR count). The molecule has 2 aromatic rings. The summed E-state index contributed by atoms with van der Waals surface area (Å²) in [5.74, 6) is 0.147. The van der Waals surface area contributed by atoms with E-state index in [1.54, 1.807) is 13.0 Å². The summed E-state index contributed by atoms with van der Waals surface area (Å²) in [6.07, 6.45) is 0.997. The van der Waals surface area contributed by atoms with E-state index in [0.29, 0.717) is 17.2 Å². The van der Waals surface area contributed by atoms with Crippen molar-refractivity contribution in [3.8, 4) is 0 Å². The van der Waals surface area contributed by atoms with Crippen molar-refractivity contribution in [2.75, 3.05) is 11.9 Å². The molecule has 0 saturated carbocycles. The molecule has 0 heterocycles. The zero-order valence-electron chi connectivity index (χ0n) is 16.3. The van der Waals surface area contributed by atoms with Crippen molar-refractivity contribution in [2.24, 2.45) is 5.92 Å². The van der Waals surface area contributed by atoms with Gasteiger partial charge in [0.15, 0.2) is 0 Å². The van der Waals surface area contributed by atoms with Crippen LogP contribution in [-0.2, 0) is 11.2 Å². The van der Waals surface area contributed by atoms with Crippen molar-refractivity contribution in [3.05, 3.63) is 69.3 Å². The van der Waals surface area contributed by atoms with Gasteiger partial charge in [0.2, 0.25) is 5.91 Å². The Hall–Kier alpha value is -2.73. The van der Waals surface area contributed by atoms with Gasteiger partial charge < -0.3 is 10.6 Å². The second kappa shape index (κ2) is 9.28. The van der Waals surface area contributed by atoms with Gasteiger partial charge >= 0.3 is 0 Å². The number of amides is 1. The molecule has 0 bridgehead atoms. The zero-order chi connectivity index (χ0) is 20.0. The van der Waals surface area contributed by atoms with Gasteiger partial charge in [-0.2, -0.15) is 0 Å². The molecule has 144 valence electrons. The standard InChI is InChI=1S/C21H27N3O3/c1-5-16-6-8-17(9-7-16)21(14(2)3)22-13-20(25)23-19-11-10-18(24(26)27)12-15(19)4/h6-12,14,21-22H,5,13H2,1-4H3,(H,23,25)/t21-/m1/s1. The number of non-ortho nitro benzene ring substituents is 1. The van der Waals surface area contributed by atoms with E-state index in [9.17, 15) is 14.9 Å². The molecule has 1 atom stereocenters. The predicted octanol–water partition coefficient (Wildman–Crippen LogP) is 4.39. The molecule has 0 spiro atoms. The van der Waals surface area contributed by atoms with Crippen molar-refractivity contribution in [1.29, 1.82) is 0 Å². The highest BCUT2D eigenvalue weighted by Crippen LogP contribution is 2.23. The number of carbonyl (C=O) groups is 1. The average molecular weight is 369 g/mol.